The Balaban J connectivity index is 0.000000384. The Hall–Kier alpha value is 0.448. The predicted octanol–water partition coefficient (Wildman–Crippen LogP) is 5.33. The van der Waals surface area contributed by atoms with Crippen LogP contribution in [-0.2, 0) is 96.8 Å². The van der Waals surface area contributed by atoms with Crippen molar-refractivity contribution in [2.24, 2.45) is 0 Å². The molecule has 0 amide bonds. The zero-order valence-corrected chi connectivity index (χ0v) is 21.7. The molecule has 28 heavy (non-hydrogen) atoms. The van der Waals surface area contributed by atoms with Crippen molar-refractivity contribution in [3.05, 3.63) is 108 Å². The number of hydrogen-bond acceptors (Lipinski definition) is 6. The van der Waals surface area contributed by atoms with Gasteiger partial charge >= 0.3 is 0 Å². The summed E-state index contributed by atoms with van der Waals surface area (Å²) in [5.74, 6) is 0. The molecule has 0 heterocycles. The van der Waals surface area contributed by atoms with Crippen LogP contribution in [0.15, 0.2) is 91.0 Å². The van der Waals surface area contributed by atoms with Crippen LogP contribution in [0.3, 0.4) is 0 Å². The van der Waals surface area contributed by atoms with Gasteiger partial charge < -0.3 is 75.8 Å². The summed E-state index contributed by atoms with van der Waals surface area (Å²) >= 11 is 29.2. The van der Waals surface area contributed by atoms with Gasteiger partial charge in [-0.05, 0) is 0 Å². The first-order valence-electron chi connectivity index (χ1n) is 8.01. The molecule has 0 aliphatic rings. The average molecular weight is 559 g/mol. The van der Waals surface area contributed by atoms with Crippen molar-refractivity contribution in [1.82, 2.24) is 0 Å². The molecule has 3 aromatic carbocycles. The maximum Gasteiger partial charge on any atom is 0 e. The molecule has 3 aromatic rings. The van der Waals surface area contributed by atoms with Crippen molar-refractivity contribution < 1.29 is 21.1 Å². The standard InChI is InChI=1S/3C7H8S2.Mo/c3*8-7(9)6-4-2-1-3-5-6;/h3*1-5,7-9H;/p-6. The molecule has 0 aliphatic carbocycles. The Morgan fingerprint density at radius 3 is 0.643 bits per heavy atom. The van der Waals surface area contributed by atoms with Gasteiger partial charge in [-0.2, -0.15) is 0 Å². The van der Waals surface area contributed by atoms with Crippen molar-refractivity contribution in [2.75, 3.05) is 0 Å². The average Bonchev–Trinajstić information content (AvgIpc) is 2.71. The fraction of sp³-hybridized carbons (Fsp3) is 0.143. The summed E-state index contributed by atoms with van der Waals surface area (Å²) in [4.78, 5) is 0. The Kier molecular flexibility index (Phi) is 17.4. The van der Waals surface area contributed by atoms with Gasteiger partial charge in [0.25, 0.3) is 0 Å². The molecule has 0 saturated heterocycles. The zero-order chi connectivity index (χ0) is 20.1. The molecule has 0 unspecified atom stereocenters. The summed E-state index contributed by atoms with van der Waals surface area (Å²) in [6, 6.07) is 29.2. The minimum Gasteiger partial charge on any atom is -0.810 e. The summed E-state index contributed by atoms with van der Waals surface area (Å²) in [6.07, 6.45) is 0. The Bertz CT molecular complexity index is 618. The second-order valence-corrected chi connectivity index (χ2v) is 8.95. The fourth-order valence-electron chi connectivity index (χ4n) is 1.83. The molecule has 0 aromatic heterocycles. The third kappa shape index (κ3) is 12.9. The van der Waals surface area contributed by atoms with Crippen molar-refractivity contribution in [1.29, 1.82) is 0 Å². The van der Waals surface area contributed by atoms with Gasteiger partial charge in [0.05, 0.1) is 0 Å². The molecule has 0 saturated carbocycles. The van der Waals surface area contributed by atoms with E-state index in [1.54, 1.807) is 0 Å². The summed E-state index contributed by atoms with van der Waals surface area (Å²) in [6.45, 7) is 0. The minimum atomic E-state index is -0.175. The molecular formula is C21H18MoS6-6. The van der Waals surface area contributed by atoms with Crippen LogP contribution in [0.4, 0.5) is 0 Å². The maximum atomic E-state index is 4.86. The van der Waals surface area contributed by atoms with Crippen LogP contribution in [0.2, 0.25) is 0 Å². The van der Waals surface area contributed by atoms with E-state index in [-0.39, 0.29) is 34.8 Å². The van der Waals surface area contributed by atoms with Crippen molar-refractivity contribution >= 4 is 75.8 Å². The molecule has 0 nitrogen and oxygen atoms in total. The van der Waals surface area contributed by atoms with Crippen LogP contribution < -0.4 is 0 Å². The topological polar surface area (TPSA) is 0 Å². The first kappa shape index (κ1) is 28.4. The van der Waals surface area contributed by atoms with Crippen molar-refractivity contribution in [3.63, 3.8) is 0 Å². The molecule has 0 fully saturated rings. The van der Waals surface area contributed by atoms with Gasteiger partial charge in [-0.3, -0.25) is 13.7 Å². The summed E-state index contributed by atoms with van der Waals surface area (Å²) in [5, 5.41) is 0. The van der Waals surface area contributed by atoms with E-state index >= 15 is 0 Å². The minimum absolute atomic E-state index is 0. The Morgan fingerprint density at radius 2 is 0.536 bits per heavy atom. The van der Waals surface area contributed by atoms with Crippen LogP contribution in [0, 0.1) is 0 Å². The number of rotatable bonds is 3. The first-order chi connectivity index (χ1) is 12.9. The molecular weight excluding hydrogens is 541 g/mol. The third-order valence-corrected chi connectivity index (χ3v) is 4.85. The molecule has 0 spiro atoms. The summed E-state index contributed by atoms with van der Waals surface area (Å²) < 4.78 is -0.524. The van der Waals surface area contributed by atoms with Gasteiger partial charge in [0.15, 0.2) is 0 Å². The van der Waals surface area contributed by atoms with E-state index in [4.69, 9.17) is 75.8 Å². The van der Waals surface area contributed by atoms with Crippen LogP contribution >= 0.6 is 0 Å². The largest absolute Gasteiger partial charge is 0.810 e. The molecule has 3 rings (SSSR count). The summed E-state index contributed by atoms with van der Waals surface area (Å²) in [5.41, 5.74) is 3.13. The van der Waals surface area contributed by atoms with E-state index in [0.29, 0.717) is 0 Å². The Labute approximate surface area is 216 Å². The van der Waals surface area contributed by atoms with Gasteiger partial charge in [0.2, 0.25) is 0 Å². The van der Waals surface area contributed by atoms with E-state index in [2.05, 4.69) is 0 Å². The van der Waals surface area contributed by atoms with Crippen LogP contribution in [0.5, 0.6) is 0 Å². The number of benzene rings is 3. The fourth-order valence-corrected chi connectivity index (χ4v) is 2.77. The molecule has 150 valence electrons. The van der Waals surface area contributed by atoms with Crippen LogP contribution in [-0.4, -0.2) is 0 Å². The SMILES string of the molecule is [Mo].[S-]C([S-])c1ccccc1.[S-]C([S-])c1ccccc1.[S-]C([S-])c1ccccc1. The quantitative estimate of drug-likeness (QED) is 0.313. The zero-order valence-electron chi connectivity index (χ0n) is 14.8. The third-order valence-electron chi connectivity index (χ3n) is 3.22. The van der Waals surface area contributed by atoms with Gasteiger partial charge in [0.1, 0.15) is 0 Å². The smallest absolute Gasteiger partial charge is 0 e. The second-order valence-electron chi connectivity index (χ2n) is 5.23. The van der Waals surface area contributed by atoms with E-state index in [0.717, 1.165) is 16.7 Å². The Morgan fingerprint density at radius 1 is 0.357 bits per heavy atom. The summed E-state index contributed by atoms with van der Waals surface area (Å²) in [7, 11) is 0. The van der Waals surface area contributed by atoms with Crippen molar-refractivity contribution in [3.8, 4) is 0 Å². The molecule has 0 atom stereocenters. The van der Waals surface area contributed by atoms with E-state index in [1.165, 1.54) is 0 Å². The first-order valence-corrected chi connectivity index (χ1v) is 10.8. The van der Waals surface area contributed by atoms with Crippen molar-refractivity contribution in [2.45, 2.75) is 13.7 Å². The molecule has 0 radical (unpaired) electrons. The molecule has 0 N–H and O–H groups in total. The van der Waals surface area contributed by atoms with Gasteiger partial charge in [-0.25, -0.2) is 0 Å². The van der Waals surface area contributed by atoms with E-state index in [9.17, 15) is 0 Å². The number of hydrogen-bond donors (Lipinski definition) is 0. The normalized spacial score (nSPS) is 9.75. The monoisotopic (exact) mass is 560 g/mol. The van der Waals surface area contributed by atoms with E-state index < -0.39 is 0 Å². The molecule has 7 heteroatoms. The maximum absolute atomic E-state index is 4.86. The predicted molar refractivity (Wildman–Crippen MR) is 132 cm³/mol. The molecule has 0 aliphatic heterocycles. The van der Waals surface area contributed by atoms with Crippen LogP contribution in [0.1, 0.15) is 30.4 Å². The second kappa shape index (κ2) is 17.2. The molecule has 0 bridgehead atoms. The van der Waals surface area contributed by atoms with Gasteiger partial charge in [0, 0.05) is 21.1 Å². The van der Waals surface area contributed by atoms with Gasteiger partial charge in [-0.15, -0.1) is 0 Å². The van der Waals surface area contributed by atoms with Gasteiger partial charge in [-0.1, -0.05) is 108 Å². The van der Waals surface area contributed by atoms with E-state index in [1.807, 2.05) is 91.0 Å². The van der Waals surface area contributed by atoms with Crippen LogP contribution in [0.25, 0.3) is 0 Å².